The highest BCUT2D eigenvalue weighted by Crippen LogP contribution is 2.16. The van der Waals surface area contributed by atoms with Gasteiger partial charge in [0.25, 0.3) is 0 Å². The standard InChI is InChI=1S/C10H15N3O4/c11-6-8-2-1-3-13(8)9(15)7-12(4-5-14)10(16)17/h8,14H,1-5,7H2,(H,16,17). The summed E-state index contributed by atoms with van der Waals surface area (Å²) in [5.41, 5.74) is 0. The van der Waals surface area contributed by atoms with Crippen LogP contribution in [0.25, 0.3) is 0 Å². The van der Waals surface area contributed by atoms with Crippen molar-refractivity contribution < 1.29 is 19.8 Å². The zero-order valence-electron chi connectivity index (χ0n) is 9.37. The molecule has 1 saturated heterocycles. The molecular formula is C10H15N3O4. The van der Waals surface area contributed by atoms with E-state index in [0.717, 1.165) is 11.3 Å². The minimum atomic E-state index is -1.25. The van der Waals surface area contributed by atoms with E-state index >= 15 is 0 Å². The number of amides is 2. The van der Waals surface area contributed by atoms with Gasteiger partial charge >= 0.3 is 6.09 Å². The van der Waals surface area contributed by atoms with Gasteiger partial charge in [-0.05, 0) is 12.8 Å². The molecule has 1 rings (SSSR count). The molecule has 0 aromatic heterocycles. The second kappa shape index (κ2) is 6.06. The van der Waals surface area contributed by atoms with Crippen LogP contribution in [0.3, 0.4) is 0 Å². The van der Waals surface area contributed by atoms with Crippen molar-refractivity contribution in [3.8, 4) is 6.07 Å². The Morgan fingerprint density at radius 3 is 2.76 bits per heavy atom. The summed E-state index contributed by atoms with van der Waals surface area (Å²) in [6.07, 6.45) is 0.145. The number of likely N-dealkylation sites (tertiary alicyclic amines) is 1. The number of aliphatic hydroxyl groups is 1. The third-order valence-corrected chi connectivity index (χ3v) is 2.69. The van der Waals surface area contributed by atoms with Crippen LogP contribution < -0.4 is 0 Å². The van der Waals surface area contributed by atoms with Gasteiger partial charge < -0.3 is 15.1 Å². The average Bonchev–Trinajstić information content (AvgIpc) is 2.76. The van der Waals surface area contributed by atoms with Gasteiger partial charge in [0.15, 0.2) is 0 Å². The molecular weight excluding hydrogens is 226 g/mol. The van der Waals surface area contributed by atoms with Crippen molar-refractivity contribution in [1.29, 1.82) is 5.26 Å². The van der Waals surface area contributed by atoms with Crippen LogP contribution in [-0.2, 0) is 4.79 Å². The first-order valence-electron chi connectivity index (χ1n) is 5.38. The molecule has 0 spiro atoms. The van der Waals surface area contributed by atoms with E-state index in [1.165, 1.54) is 4.90 Å². The van der Waals surface area contributed by atoms with Crippen molar-refractivity contribution in [2.75, 3.05) is 26.2 Å². The first-order valence-corrected chi connectivity index (χ1v) is 5.38. The number of nitriles is 1. The van der Waals surface area contributed by atoms with Crippen LogP contribution in [0.5, 0.6) is 0 Å². The van der Waals surface area contributed by atoms with Gasteiger partial charge in [0.05, 0.1) is 12.7 Å². The number of carboxylic acid groups (broad SMARTS) is 1. The molecule has 1 aliphatic heterocycles. The molecule has 1 unspecified atom stereocenters. The van der Waals surface area contributed by atoms with E-state index in [-0.39, 0.29) is 25.6 Å². The summed E-state index contributed by atoms with van der Waals surface area (Å²) in [4.78, 5) is 24.8. The highest BCUT2D eigenvalue weighted by molar-refractivity contribution is 5.82. The zero-order chi connectivity index (χ0) is 12.8. The maximum atomic E-state index is 11.8. The molecule has 94 valence electrons. The molecule has 2 amide bonds. The molecule has 0 radical (unpaired) electrons. The van der Waals surface area contributed by atoms with E-state index in [9.17, 15) is 9.59 Å². The lowest BCUT2D eigenvalue weighted by atomic mass is 10.2. The Kier molecular flexibility index (Phi) is 4.72. The van der Waals surface area contributed by atoms with Gasteiger partial charge in [-0.1, -0.05) is 0 Å². The molecule has 0 bridgehead atoms. The first kappa shape index (κ1) is 13.3. The minimum absolute atomic E-state index is 0.105. The fourth-order valence-electron chi connectivity index (χ4n) is 1.82. The van der Waals surface area contributed by atoms with Crippen LogP contribution in [0.4, 0.5) is 4.79 Å². The molecule has 1 aliphatic rings. The average molecular weight is 241 g/mol. The van der Waals surface area contributed by atoms with Gasteiger partial charge in [-0.2, -0.15) is 5.26 Å². The summed E-state index contributed by atoms with van der Waals surface area (Å²) < 4.78 is 0. The van der Waals surface area contributed by atoms with Crippen LogP contribution in [0, 0.1) is 11.3 Å². The predicted molar refractivity (Wildman–Crippen MR) is 57.0 cm³/mol. The maximum Gasteiger partial charge on any atom is 0.407 e. The Hall–Kier alpha value is -1.81. The molecule has 0 aliphatic carbocycles. The maximum absolute atomic E-state index is 11.8. The van der Waals surface area contributed by atoms with E-state index in [4.69, 9.17) is 15.5 Å². The summed E-state index contributed by atoms with van der Waals surface area (Å²) in [7, 11) is 0. The number of hydrogen-bond acceptors (Lipinski definition) is 4. The van der Waals surface area contributed by atoms with Crippen molar-refractivity contribution >= 4 is 12.0 Å². The fraction of sp³-hybridized carbons (Fsp3) is 0.700. The highest BCUT2D eigenvalue weighted by atomic mass is 16.4. The minimum Gasteiger partial charge on any atom is -0.465 e. The van der Waals surface area contributed by atoms with Crippen LogP contribution in [0.2, 0.25) is 0 Å². The quantitative estimate of drug-likeness (QED) is 0.688. The van der Waals surface area contributed by atoms with Crippen LogP contribution in [0.1, 0.15) is 12.8 Å². The summed E-state index contributed by atoms with van der Waals surface area (Å²) in [6.45, 7) is -0.259. The second-order valence-electron chi connectivity index (χ2n) is 3.80. The molecule has 0 saturated carbocycles. The van der Waals surface area contributed by atoms with Crippen LogP contribution in [-0.4, -0.2) is 64.3 Å². The molecule has 2 N–H and O–H groups in total. The van der Waals surface area contributed by atoms with Gasteiger partial charge in [0.1, 0.15) is 12.6 Å². The Morgan fingerprint density at radius 2 is 2.24 bits per heavy atom. The molecule has 1 fully saturated rings. The largest absolute Gasteiger partial charge is 0.465 e. The van der Waals surface area contributed by atoms with E-state index in [2.05, 4.69) is 0 Å². The van der Waals surface area contributed by atoms with E-state index < -0.39 is 12.1 Å². The summed E-state index contributed by atoms with van der Waals surface area (Å²) in [6, 6.07) is 1.57. The van der Waals surface area contributed by atoms with Crippen molar-refractivity contribution in [2.24, 2.45) is 0 Å². The third kappa shape index (κ3) is 3.32. The first-order chi connectivity index (χ1) is 8.10. The molecule has 1 atom stereocenters. The normalized spacial score (nSPS) is 18.8. The molecule has 0 aromatic rings. The third-order valence-electron chi connectivity index (χ3n) is 2.69. The van der Waals surface area contributed by atoms with Crippen molar-refractivity contribution in [3.05, 3.63) is 0 Å². The van der Waals surface area contributed by atoms with Gasteiger partial charge in [-0.3, -0.25) is 9.69 Å². The van der Waals surface area contributed by atoms with Crippen LogP contribution >= 0.6 is 0 Å². The topological polar surface area (TPSA) is 105 Å². The Balaban J connectivity index is 2.58. The highest BCUT2D eigenvalue weighted by Gasteiger charge is 2.30. The fourth-order valence-corrected chi connectivity index (χ4v) is 1.82. The molecule has 0 aromatic carbocycles. The lowest BCUT2D eigenvalue weighted by Crippen LogP contribution is -2.44. The monoisotopic (exact) mass is 241 g/mol. The Morgan fingerprint density at radius 1 is 1.53 bits per heavy atom. The zero-order valence-corrected chi connectivity index (χ0v) is 9.37. The number of aliphatic hydroxyl groups excluding tert-OH is 1. The lowest BCUT2D eigenvalue weighted by molar-refractivity contribution is -0.132. The van der Waals surface area contributed by atoms with Crippen molar-refractivity contribution in [2.45, 2.75) is 18.9 Å². The Bertz CT molecular complexity index is 339. The number of carbonyl (C=O) groups is 2. The predicted octanol–water partition coefficient (Wildman–Crippen LogP) is -0.527. The number of carbonyl (C=O) groups excluding carboxylic acids is 1. The van der Waals surface area contributed by atoms with Gasteiger partial charge in [0.2, 0.25) is 5.91 Å². The number of rotatable bonds is 4. The number of nitrogens with zero attached hydrogens (tertiary/aromatic N) is 3. The van der Waals surface area contributed by atoms with Gasteiger partial charge in [-0.25, -0.2) is 4.79 Å². The SMILES string of the molecule is N#CC1CCCN1C(=O)CN(CCO)C(=O)O. The molecule has 17 heavy (non-hydrogen) atoms. The molecule has 1 heterocycles. The van der Waals surface area contributed by atoms with Gasteiger partial charge in [0, 0.05) is 13.1 Å². The van der Waals surface area contributed by atoms with Crippen molar-refractivity contribution in [3.63, 3.8) is 0 Å². The second-order valence-corrected chi connectivity index (χ2v) is 3.80. The smallest absolute Gasteiger partial charge is 0.407 e. The van der Waals surface area contributed by atoms with E-state index in [1.54, 1.807) is 0 Å². The number of hydrogen-bond donors (Lipinski definition) is 2. The van der Waals surface area contributed by atoms with Crippen molar-refractivity contribution in [1.82, 2.24) is 9.80 Å². The van der Waals surface area contributed by atoms with E-state index in [0.29, 0.717) is 13.0 Å². The lowest BCUT2D eigenvalue weighted by Gasteiger charge is -2.23. The van der Waals surface area contributed by atoms with Gasteiger partial charge in [-0.15, -0.1) is 0 Å². The van der Waals surface area contributed by atoms with Crippen LogP contribution in [0.15, 0.2) is 0 Å². The summed E-state index contributed by atoms with van der Waals surface area (Å²) >= 11 is 0. The van der Waals surface area contributed by atoms with E-state index in [1.807, 2.05) is 6.07 Å². The molecule has 7 heteroatoms. The summed E-state index contributed by atoms with van der Waals surface area (Å²) in [5, 5.41) is 26.3. The Labute approximate surface area is 98.8 Å². The molecule has 7 nitrogen and oxygen atoms in total. The summed E-state index contributed by atoms with van der Waals surface area (Å²) in [5.74, 6) is -0.384.